The molecule has 124 valence electrons. The van der Waals surface area contributed by atoms with E-state index in [1.165, 1.54) is 0 Å². The van der Waals surface area contributed by atoms with Gasteiger partial charge in [-0.1, -0.05) is 0 Å². The van der Waals surface area contributed by atoms with E-state index in [2.05, 4.69) is 10.3 Å². The maximum atomic E-state index is 12.4. The molecule has 1 aromatic carbocycles. The van der Waals surface area contributed by atoms with Crippen molar-refractivity contribution in [1.29, 1.82) is 0 Å². The van der Waals surface area contributed by atoms with Gasteiger partial charge in [0.25, 0.3) is 5.91 Å². The summed E-state index contributed by atoms with van der Waals surface area (Å²) in [6, 6.07) is 5.36. The molecule has 1 amide bonds. The van der Waals surface area contributed by atoms with Gasteiger partial charge in [0.15, 0.2) is 0 Å². The van der Waals surface area contributed by atoms with E-state index >= 15 is 0 Å². The number of anilines is 1. The molecular formula is C16H21ClN4O2. The van der Waals surface area contributed by atoms with Gasteiger partial charge in [0.1, 0.15) is 17.0 Å². The zero-order chi connectivity index (χ0) is 15.9. The van der Waals surface area contributed by atoms with E-state index in [9.17, 15) is 4.79 Å². The van der Waals surface area contributed by atoms with Crippen molar-refractivity contribution in [2.45, 2.75) is 31.9 Å². The van der Waals surface area contributed by atoms with E-state index in [1.807, 2.05) is 33.0 Å². The quantitative estimate of drug-likeness (QED) is 0.825. The number of nitrogens with zero attached hydrogens (tertiary/aromatic N) is 2. The highest BCUT2D eigenvalue weighted by Crippen LogP contribution is 2.40. The second-order valence-corrected chi connectivity index (χ2v) is 6.31. The van der Waals surface area contributed by atoms with Crippen molar-refractivity contribution < 1.29 is 9.53 Å². The van der Waals surface area contributed by atoms with Crippen molar-refractivity contribution >= 4 is 24.0 Å². The average molecular weight is 337 g/mol. The first-order chi connectivity index (χ1) is 10.3. The van der Waals surface area contributed by atoms with E-state index in [4.69, 9.17) is 10.5 Å². The largest absolute Gasteiger partial charge is 0.487 e. The molecule has 1 unspecified atom stereocenters. The zero-order valence-corrected chi connectivity index (χ0v) is 14.2. The smallest absolute Gasteiger partial charge is 0.271 e. The molecule has 3 rings (SSSR count). The summed E-state index contributed by atoms with van der Waals surface area (Å²) in [5.74, 6) is 0.563. The van der Waals surface area contributed by atoms with Crippen LogP contribution in [0, 0.1) is 0 Å². The summed E-state index contributed by atoms with van der Waals surface area (Å²) in [5.41, 5.74) is 7.48. The predicted octanol–water partition coefficient (Wildman–Crippen LogP) is 2.46. The first-order valence-electron chi connectivity index (χ1n) is 7.21. The van der Waals surface area contributed by atoms with Gasteiger partial charge in [-0.15, -0.1) is 12.4 Å². The Hall–Kier alpha value is -2.21. The summed E-state index contributed by atoms with van der Waals surface area (Å²) >= 11 is 0. The number of carbonyl (C=O) groups is 1. The monoisotopic (exact) mass is 336 g/mol. The molecule has 0 bridgehead atoms. The van der Waals surface area contributed by atoms with Crippen LogP contribution in [0.5, 0.6) is 5.75 Å². The minimum absolute atomic E-state index is 0. The summed E-state index contributed by atoms with van der Waals surface area (Å²) in [6.07, 6.45) is 3.97. The number of benzene rings is 1. The molecule has 7 heteroatoms. The summed E-state index contributed by atoms with van der Waals surface area (Å²) < 4.78 is 7.71. The Morgan fingerprint density at radius 2 is 2.22 bits per heavy atom. The maximum Gasteiger partial charge on any atom is 0.271 e. The molecule has 1 aliphatic heterocycles. The minimum Gasteiger partial charge on any atom is -0.487 e. The Balaban J connectivity index is 0.00000192. The average Bonchev–Trinajstić information content (AvgIpc) is 2.85. The van der Waals surface area contributed by atoms with Gasteiger partial charge in [0.2, 0.25) is 0 Å². The fraction of sp³-hybridized carbons (Fsp3) is 0.375. The molecule has 6 nitrogen and oxygen atoms in total. The van der Waals surface area contributed by atoms with Gasteiger partial charge in [0.05, 0.1) is 12.4 Å². The highest BCUT2D eigenvalue weighted by Gasteiger charge is 2.35. The van der Waals surface area contributed by atoms with Crippen LogP contribution in [-0.4, -0.2) is 21.1 Å². The molecule has 0 aliphatic carbocycles. The molecule has 0 fully saturated rings. The number of nitrogens with two attached hydrogens (primary N) is 1. The van der Waals surface area contributed by atoms with Gasteiger partial charge in [-0.05, 0) is 32.0 Å². The van der Waals surface area contributed by atoms with Gasteiger partial charge in [0, 0.05) is 30.9 Å². The molecule has 1 atom stereocenters. The number of halogens is 1. The molecule has 1 aromatic heterocycles. The second-order valence-electron chi connectivity index (χ2n) is 6.31. The van der Waals surface area contributed by atoms with Crippen LogP contribution in [0.4, 0.5) is 5.69 Å². The van der Waals surface area contributed by atoms with Crippen LogP contribution in [0.25, 0.3) is 0 Å². The lowest BCUT2D eigenvalue weighted by Crippen LogP contribution is -2.41. The van der Waals surface area contributed by atoms with E-state index in [0.29, 0.717) is 17.8 Å². The first kappa shape index (κ1) is 17.1. The van der Waals surface area contributed by atoms with E-state index < -0.39 is 0 Å². The van der Waals surface area contributed by atoms with Gasteiger partial charge in [-0.3, -0.25) is 4.79 Å². The third kappa shape index (κ3) is 3.59. The van der Waals surface area contributed by atoms with Crippen LogP contribution >= 0.6 is 12.4 Å². The Bertz CT molecular complexity index is 727. The van der Waals surface area contributed by atoms with Crippen molar-refractivity contribution in [3.8, 4) is 5.75 Å². The highest BCUT2D eigenvalue weighted by molar-refractivity contribution is 5.92. The van der Waals surface area contributed by atoms with Crippen molar-refractivity contribution in [1.82, 2.24) is 14.9 Å². The number of aromatic nitrogens is 2. The zero-order valence-electron chi connectivity index (χ0n) is 13.4. The van der Waals surface area contributed by atoms with Crippen molar-refractivity contribution in [2.24, 2.45) is 7.05 Å². The minimum atomic E-state index is -0.356. The summed E-state index contributed by atoms with van der Waals surface area (Å²) in [5, 5.41) is 3.04. The molecular weight excluding hydrogens is 316 g/mol. The molecule has 2 heterocycles. The third-order valence-electron chi connectivity index (χ3n) is 3.73. The Morgan fingerprint density at radius 1 is 1.48 bits per heavy atom. The number of amides is 1. The Labute approximate surface area is 141 Å². The third-order valence-corrected chi connectivity index (χ3v) is 3.73. The number of nitrogen functional groups attached to an aromatic ring is 1. The summed E-state index contributed by atoms with van der Waals surface area (Å²) in [6.45, 7) is 4.01. The van der Waals surface area contributed by atoms with Crippen molar-refractivity contribution in [2.75, 3.05) is 5.73 Å². The van der Waals surface area contributed by atoms with Gasteiger partial charge < -0.3 is 20.4 Å². The van der Waals surface area contributed by atoms with Crippen LogP contribution in [-0.2, 0) is 7.05 Å². The van der Waals surface area contributed by atoms with E-state index in [0.717, 1.165) is 11.3 Å². The molecule has 0 saturated carbocycles. The molecule has 0 saturated heterocycles. The number of rotatable bonds is 2. The number of nitrogens with one attached hydrogen (secondary N) is 1. The highest BCUT2D eigenvalue weighted by atomic mass is 35.5. The molecule has 0 spiro atoms. The number of hydrogen-bond donors (Lipinski definition) is 2. The van der Waals surface area contributed by atoms with Crippen LogP contribution in [0.3, 0.4) is 0 Å². The Kier molecular flexibility index (Phi) is 4.56. The summed E-state index contributed by atoms with van der Waals surface area (Å²) in [4.78, 5) is 16.5. The molecule has 1 aliphatic rings. The van der Waals surface area contributed by atoms with Crippen molar-refractivity contribution in [3.63, 3.8) is 0 Å². The predicted molar refractivity (Wildman–Crippen MR) is 90.8 cm³/mol. The molecule has 23 heavy (non-hydrogen) atoms. The number of aryl methyl sites for hydroxylation is 1. The van der Waals surface area contributed by atoms with E-state index in [1.54, 1.807) is 23.2 Å². The van der Waals surface area contributed by atoms with Crippen LogP contribution < -0.4 is 15.8 Å². The second kappa shape index (κ2) is 6.12. The van der Waals surface area contributed by atoms with E-state index in [-0.39, 0.29) is 30.0 Å². The topological polar surface area (TPSA) is 82.2 Å². The fourth-order valence-corrected chi connectivity index (χ4v) is 2.76. The van der Waals surface area contributed by atoms with Gasteiger partial charge >= 0.3 is 0 Å². The lowest BCUT2D eigenvalue weighted by molar-refractivity contribution is 0.0618. The summed E-state index contributed by atoms with van der Waals surface area (Å²) in [7, 11) is 1.83. The van der Waals surface area contributed by atoms with Crippen LogP contribution in [0.15, 0.2) is 30.7 Å². The van der Waals surface area contributed by atoms with Gasteiger partial charge in [-0.2, -0.15) is 0 Å². The number of hydrogen-bond acceptors (Lipinski definition) is 4. The SMILES string of the molecule is Cl.Cn1cnc(C(=O)NC2CC(C)(C)Oc3ccc(N)cc32)c1. The van der Waals surface area contributed by atoms with Crippen LogP contribution in [0.2, 0.25) is 0 Å². The first-order valence-corrected chi connectivity index (χ1v) is 7.21. The number of carbonyl (C=O) groups excluding carboxylic acids is 1. The lowest BCUT2D eigenvalue weighted by Gasteiger charge is -2.38. The normalized spacial score (nSPS) is 18.3. The van der Waals surface area contributed by atoms with Crippen molar-refractivity contribution in [3.05, 3.63) is 42.0 Å². The molecule has 3 N–H and O–H groups in total. The van der Waals surface area contributed by atoms with Gasteiger partial charge in [-0.25, -0.2) is 4.98 Å². The maximum absolute atomic E-state index is 12.4. The number of ether oxygens (including phenoxy) is 1. The number of imidazole rings is 1. The molecule has 0 radical (unpaired) electrons. The fourth-order valence-electron chi connectivity index (χ4n) is 2.76. The van der Waals surface area contributed by atoms with Crippen LogP contribution in [0.1, 0.15) is 42.4 Å². The Morgan fingerprint density at radius 3 is 2.87 bits per heavy atom. The molecule has 2 aromatic rings. The standard InChI is InChI=1S/C16H20N4O2.ClH/c1-16(2)7-12(11-6-10(17)4-5-14(11)22-16)19-15(21)13-8-20(3)9-18-13;/h4-6,8-9,12H,7,17H2,1-3H3,(H,19,21);1H. The number of fused-ring (bicyclic) bond motifs is 1. The lowest BCUT2D eigenvalue weighted by atomic mass is 9.89.